The Kier molecular flexibility index (Phi) is 6.79. The fraction of sp³-hybridized carbons (Fsp3) is 0.423. The number of aromatic nitrogens is 3. The summed E-state index contributed by atoms with van der Waals surface area (Å²) >= 11 is 0. The summed E-state index contributed by atoms with van der Waals surface area (Å²) in [6, 6.07) is 16.6. The number of amides is 1. The molecule has 0 bridgehead atoms. The van der Waals surface area contributed by atoms with Crippen LogP contribution in [0.5, 0.6) is 0 Å². The predicted molar refractivity (Wildman–Crippen MR) is 126 cm³/mol. The van der Waals surface area contributed by atoms with Gasteiger partial charge in [0.25, 0.3) is 5.91 Å². The fourth-order valence-corrected chi connectivity index (χ4v) is 4.75. The van der Waals surface area contributed by atoms with E-state index in [0.29, 0.717) is 32.0 Å². The number of carbonyl (C=O) groups excluding carboxylic acids is 1. The average Bonchev–Trinajstić information content (AvgIpc) is 3.23. The highest BCUT2D eigenvalue weighted by Gasteiger charge is 2.31. The Morgan fingerprint density at radius 1 is 1.00 bits per heavy atom. The maximum Gasteiger partial charge on any atom is 0.274 e. The van der Waals surface area contributed by atoms with Gasteiger partial charge in [-0.1, -0.05) is 36.4 Å². The SMILES string of the molecule is O=C(c1nn(CCCc2ccccc2)c2c1CN(Cc1ccccn1)CC2)N1CCOCC1. The zero-order valence-corrected chi connectivity index (χ0v) is 19.0. The number of rotatable bonds is 7. The van der Waals surface area contributed by atoms with Gasteiger partial charge in [0.2, 0.25) is 0 Å². The molecule has 0 spiro atoms. The van der Waals surface area contributed by atoms with E-state index in [1.807, 2.05) is 29.3 Å². The van der Waals surface area contributed by atoms with Crippen LogP contribution in [0.15, 0.2) is 54.7 Å². The lowest BCUT2D eigenvalue weighted by Crippen LogP contribution is -2.41. The Labute approximate surface area is 195 Å². The van der Waals surface area contributed by atoms with Gasteiger partial charge in [-0.3, -0.25) is 19.4 Å². The maximum absolute atomic E-state index is 13.4. The molecule has 4 heterocycles. The summed E-state index contributed by atoms with van der Waals surface area (Å²) in [6.07, 6.45) is 4.74. The number of ether oxygens (including phenoxy) is 1. The van der Waals surface area contributed by atoms with Gasteiger partial charge in [-0.15, -0.1) is 0 Å². The molecule has 5 rings (SSSR count). The molecule has 0 unspecified atom stereocenters. The van der Waals surface area contributed by atoms with E-state index in [1.54, 1.807) is 0 Å². The van der Waals surface area contributed by atoms with Gasteiger partial charge in [0.15, 0.2) is 5.69 Å². The van der Waals surface area contributed by atoms with Crippen LogP contribution in [-0.2, 0) is 37.2 Å². The number of nitrogens with zero attached hydrogens (tertiary/aromatic N) is 5. The molecule has 2 aliphatic rings. The van der Waals surface area contributed by atoms with Gasteiger partial charge in [0.05, 0.1) is 18.9 Å². The van der Waals surface area contributed by atoms with Crippen LogP contribution in [0, 0.1) is 0 Å². The molecule has 1 aromatic carbocycles. The van der Waals surface area contributed by atoms with Gasteiger partial charge in [-0.2, -0.15) is 5.10 Å². The third kappa shape index (κ3) is 5.15. The zero-order chi connectivity index (χ0) is 22.5. The van der Waals surface area contributed by atoms with E-state index in [0.717, 1.165) is 56.7 Å². The zero-order valence-electron chi connectivity index (χ0n) is 19.0. The second-order valence-electron chi connectivity index (χ2n) is 8.77. The van der Waals surface area contributed by atoms with Crippen molar-refractivity contribution in [3.05, 3.63) is 82.9 Å². The van der Waals surface area contributed by atoms with Crippen LogP contribution in [0.2, 0.25) is 0 Å². The summed E-state index contributed by atoms with van der Waals surface area (Å²) in [6.45, 7) is 5.74. The monoisotopic (exact) mass is 445 g/mol. The highest BCUT2D eigenvalue weighted by molar-refractivity contribution is 5.94. The Morgan fingerprint density at radius 2 is 1.82 bits per heavy atom. The molecule has 3 aromatic rings. The maximum atomic E-state index is 13.4. The number of pyridine rings is 1. The Balaban J connectivity index is 1.35. The molecule has 0 atom stereocenters. The number of hydrogen-bond acceptors (Lipinski definition) is 5. The van der Waals surface area contributed by atoms with Crippen molar-refractivity contribution >= 4 is 5.91 Å². The molecule has 1 saturated heterocycles. The minimum atomic E-state index is 0.0380. The smallest absolute Gasteiger partial charge is 0.274 e. The van der Waals surface area contributed by atoms with Crippen LogP contribution < -0.4 is 0 Å². The number of hydrogen-bond donors (Lipinski definition) is 0. The van der Waals surface area contributed by atoms with Gasteiger partial charge in [-0.05, 0) is 30.5 Å². The normalized spacial score (nSPS) is 16.5. The third-order valence-electron chi connectivity index (χ3n) is 6.50. The van der Waals surface area contributed by atoms with Crippen molar-refractivity contribution in [3.8, 4) is 0 Å². The highest BCUT2D eigenvalue weighted by atomic mass is 16.5. The lowest BCUT2D eigenvalue weighted by atomic mass is 10.0. The van der Waals surface area contributed by atoms with Gasteiger partial charge in [0, 0.05) is 63.1 Å². The number of morpholine rings is 1. The van der Waals surface area contributed by atoms with Crippen LogP contribution >= 0.6 is 0 Å². The lowest BCUT2D eigenvalue weighted by Gasteiger charge is -2.29. The first-order valence-electron chi connectivity index (χ1n) is 11.9. The largest absolute Gasteiger partial charge is 0.378 e. The fourth-order valence-electron chi connectivity index (χ4n) is 4.75. The first kappa shape index (κ1) is 21.8. The topological polar surface area (TPSA) is 63.5 Å². The molecule has 7 heteroatoms. The minimum absolute atomic E-state index is 0.0380. The summed E-state index contributed by atoms with van der Waals surface area (Å²) < 4.78 is 7.55. The summed E-state index contributed by atoms with van der Waals surface area (Å²) in [5.41, 5.74) is 5.32. The van der Waals surface area contributed by atoms with Gasteiger partial charge in [-0.25, -0.2) is 0 Å². The molecule has 1 amide bonds. The van der Waals surface area contributed by atoms with Crippen LogP contribution in [0.4, 0.5) is 0 Å². The molecule has 33 heavy (non-hydrogen) atoms. The van der Waals surface area contributed by atoms with Crippen molar-refractivity contribution < 1.29 is 9.53 Å². The molecule has 0 saturated carbocycles. The van der Waals surface area contributed by atoms with Crippen LogP contribution in [0.1, 0.15) is 39.4 Å². The Bertz CT molecular complexity index is 1060. The molecule has 0 aliphatic carbocycles. The molecule has 0 radical (unpaired) electrons. The highest BCUT2D eigenvalue weighted by Crippen LogP contribution is 2.25. The van der Waals surface area contributed by atoms with Crippen LogP contribution in [0.25, 0.3) is 0 Å². The first-order chi connectivity index (χ1) is 16.3. The van der Waals surface area contributed by atoms with Gasteiger partial charge < -0.3 is 9.64 Å². The van der Waals surface area contributed by atoms with E-state index >= 15 is 0 Å². The summed E-state index contributed by atoms with van der Waals surface area (Å²) in [7, 11) is 0. The number of benzene rings is 1. The lowest BCUT2D eigenvalue weighted by molar-refractivity contribution is 0.0297. The number of fused-ring (bicyclic) bond motifs is 1. The first-order valence-corrected chi connectivity index (χ1v) is 11.9. The molecular weight excluding hydrogens is 414 g/mol. The third-order valence-corrected chi connectivity index (χ3v) is 6.50. The van der Waals surface area contributed by atoms with Gasteiger partial charge >= 0.3 is 0 Å². The van der Waals surface area contributed by atoms with E-state index in [1.165, 1.54) is 11.3 Å². The van der Waals surface area contributed by atoms with Gasteiger partial charge in [0.1, 0.15) is 0 Å². The van der Waals surface area contributed by atoms with E-state index in [9.17, 15) is 4.79 Å². The van der Waals surface area contributed by atoms with Crippen molar-refractivity contribution in [3.63, 3.8) is 0 Å². The summed E-state index contributed by atoms with van der Waals surface area (Å²) in [5.74, 6) is 0.0380. The molecule has 2 aliphatic heterocycles. The van der Waals surface area contributed by atoms with Crippen molar-refractivity contribution in [1.82, 2.24) is 24.6 Å². The standard InChI is InChI=1S/C26H31N5O2/c32-26(30-15-17-33-18-16-30)25-23-20-29(19-22-10-4-5-12-27-22)14-11-24(23)31(28-25)13-6-9-21-7-2-1-3-8-21/h1-5,7-8,10,12H,6,9,11,13-20H2. The van der Waals surface area contributed by atoms with E-state index in [2.05, 4.69) is 44.9 Å². The second kappa shape index (κ2) is 10.3. The van der Waals surface area contributed by atoms with Crippen LogP contribution in [-0.4, -0.2) is 63.3 Å². The van der Waals surface area contributed by atoms with Crippen molar-refractivity contribution in [2.45, 2.75) is 38.9 Å². The van der Waals surface area contributed by atoms with E-state index in [-0.39, 0.29) is 5.91 Å². The average molecular weight is 446 g/mol. The van der Waals surface area contributed by atoms with Crippen molar-refractivity contribution in [1.29, 1.82) is 0 Å². The molecular formula is C26H31N5O2. The second-order valence-corrected chi connectivity index (χ2v) is 8.77. The molecule has 0 N–H and O–H groups in total. The number of carbonyl (C=O) groups is 1. The molecule has 1 fully saturated rings. The Morgan fingerprint density at radius 3 is 2.61 bits per heavy atom. The van der Waals surface area contributed by atoms with E-state index in [4.69, 9.17) is 9.84 Å². The number of aryl methyl sites for hydroxylation is 2. The molecule has 172 valence electrons. The minimum Gasteiger partial charge on any atom is -0.378 e. The predicted octanol–water partition coefficient (Wildman–Crippen LogP) is 2.94. The van der Waals surface area contributed by atoms with E-state index < -0.39 is 0 Å². The summed E-state index contributed by atoms with van der Waals surface area (Å²) in [5, 5.41) is 4.88. The molecule has 7 nitrogen and oxygen atoms in total. The van der Waals surface area contributed by atoms with Crippen molar-refractivity contribution in [2.75, 3.05) is 32.8 Å². The Hall–Kier alpha value is -3.03. The van der Waals surface area contributed by atoms with Crippen LogP contribution in [0.3, 0.4) is 0 Å². The summed E-state index contributed by atoms with van der Waals surface area (Å²) in [4.78, 5) is 22.2. The quantitative estimate of drug-likeness (QED) is 0.560. The molecule has 2 aromatic heterocycles. The van der Waals surface area contributed by atoms with Crippen molar-refractivity contribution in [2.24, 2.45) is 0 Å².